The number of hydrogen-bond acceptors (Lipinski definition) is 3. The summed E-state index contributed by atoms with van der Waals surface area (Å²) in [6, 6.07) is 8.49. The lowest BCUT2D eigenvalue weighted by Crippen LogP contribution is -2.35. The van der Waals surface area contributed by atoms with Gasteiger partial charge in [-0.3, -0.25) is 4.79 Å². The van der Waals surface area contributed by atoms with E-state index < -0.39 is 0 Å². The van der Waals surface area contributed by atoms with Gasteiger partial charge in [0.05, 0.1) is 18.9 Å². The number of carbonyl (C=O) groups is 1. The molecule has 0 saturated heterocycles. The van der Waals surface area contributed by atoms with Crippen LogP contribution in [-0.4, -0.2) is 17.1 Å². The van der Waals surface area contributed by atoms with Gasteiger partial charge in [0.25, 0.3) is 0 Å². The van der Waals surface area contributed by atoms with Crippen molar-refractivity contribution in [2.75, 3.05) is 0 Å². The minimum atomic E-state index is -0.0993. The van der Waals surface area contributed by atoms with Crippen LogP contribution >= 0.6 is 0 Å². The number of amides is 1. The molecule has 0 aromatic heterocycles. The lowest BCUT2D eigenvalue weighted by atomic mass is 10.1. The number of phenols is 1. The van der Waals surface area contributed by atoms with Crippen molar-refractivity contribution in [3.05, 3.63) is 29.8 Å². The van der Waals surface area contributed by atoms with Crippen LogP contribution in [0.4, 0.5) is 0 Å². The first-order chi connectivity index (χ1) is 8.15. The number of aromatic hydroxyl groups is 1. The number of nitriles is 1. The third-order valence-electron chi connectivity index (χ3n) is 2.50. The van der Waals surface area contributed by atoms with Gasteiger partial charge in [0.2, 0.25) is 5.91 Å². The standard InChI is InChI=1S/C13H16N2O2/c1-2-11(7-8-14)15-13(17)9-10-3-5-12(16)6-4-10/h3-6,11,16H,2,7,9H2,1H3,(H,15,17)/t11-/m0/s1. The van der Waals surface area contributed by atoms with Crippen LogP contribution in [0.15, 0.2) is 24.3 Å². The number of carbonyl (C=O) groups excluding carboxylic acids is 1. The highest BCUT2D eigenvalue weighted by Gasteiger charge is 2.10. The van der Waals surface area contributed by atoms with Crippen molar-refractivity contribution in [1.29, 1.82) is 5.26 Å². The SMILES string of the molecule is CC[C@@H](CC#N)NC(=O)Cc1ccc(O)cc1. The molecule has 4 nitrogen and oxygen atoms in total. The molecular formula is C13H16N2O2. The number of hydrogen-bond donors (Lipinski definition) is 2. The number of benzene rings is 1. The second-order valence-electron chi connectivity index (χ2n) is 3.88. The highest BCUT2D eigenvalue weighted by Crippen LogP contribution is 2.10. The fourth-order valence-electron chi connectivity index (χ4n) is 1.49. The van der Waals surface area contributed by atoms with Gasteiger partial charge in [-0.25, -0.2) is 0 Å². The molecule has 0 aliphatic heterocycles. The predicted molar refractivity (Wildman–Crippen MR) is 64.3 cm³/mol. The van der Waals surface area contributed by atoms with Crippen molar-refractivity contribution in [3.63, 3.8) is 0 Å². The maximum Gasteiger partial charge on any atom is 0.224 e. The van der Waals surface area contributed by atoms with Crippen molar-refractivity contribution in [3.8, 4) is 11.8 Å². The molecule has 2 N–H and O–H groups in total. The molecule has 90 valence electrons. The molecule has 1 aromatic rings. The summed E-state index contributed by atoms with van der Waals surface area (Å²) in [7, 11) is 0. The van der Waals surface area contributed by atoms with Gasteiger partial charge in [0.1, 0.15) is 5.75 Å². The minimum absolute atomic E-state index is 0.0791. The first kappa shape index (κ1) is 13.0. The second kappa shape index (κ2) is 6.54. The summed E-state index contributed by atoms with van der Waals surface area (Å²) in [4.78, 5) is 11.7. The van der Waals surface area contributed by atoms with E-state index in [1.165, 1.54) is 0 Å². The smallest absolute Gasteiger partial charge is 0.224 e. The van der Waals surface area contributed by atoms with Gasteiger partial charge in [-0.15, -0.1) is 0 Å². The normalized spacial score (nSPS) is 11.5. The number of nitrogens with one attached hydrogen (secondary N) is 1. The van der Waals surface area contributed by atoms with Crippen LogP contribution in [0.2, 0.25) is 0 Å². The van der Waals surface area contributed by atoms with E-state index in [4.69, 9.17) is 10.4 Å². The van der Waals surface area contributed by atoms with Gasteiger partial charge in [0, 0.05) is 6.04 Å². The van der Waals surface area contributed by atoms with E-state index in [2.05, 4.69) is 5.32 Å². The molecule has 0 unspecified atom stereocenters. The third-order valence-corrected chi connectivity index (χ3v) is 2.50. The predicted octanol–water partition coefficient (Wildman–Crippen LogP) is 1.74. The summed E-state index contributed by atoms with van der Waals surface area (Å²) >= 11 is 0. The summed E-state index contributed by atoms with van der Waals surface area (Å²) in [5, 5.41) is 20.5. The van der Waals surface area contributed by atoms with E-state index in [1.54, 1.807) is 24.3 Å². The summed E-state index contributed by atoms with van der Waals surface area (Å²) in [5.74, 6) is 0.0860. The Kier molecular flexibility index (Phi) is 5.02. The van der Waals surface area contributed by atoms with Crippen LogP contribution in [0.1, 0.15) is 25.3 Å². The minimum Gasteiger partial charge on any atom is -0.508 e. The largest absolute Gasteiger partial charge is 0.508 e. The fourth-order valence-corrected chi connectivity index (χ4v) is 1.49. The molecular weight excluding hydrogens is 216 g/mol. The van der Waals surface area contributed by atoms with Gasteiger partial charge < -0.3 is 10.4 Å². The molecule has 1 aromatic carbocycles. The molecule has 0 heterocycles. The molecule has 1 atom stereocenters. The third kappa shape index (κ3) is 4.56. The lowest BCUT2D eigenvalue weighted by Gasteiger charge is -2.13. The topological polar surface area (TPSA) is 73.1 Å². The first-order valence-corrected chi connectivity index (χ1v) is 5.60. The van der Waals surface area contributed by atoms with Crippen LogP contribution in [0.5, 0.6) is 5.75 Å². The van der Waals surface area contributed by atoms with E-state index >= 15 is 0 Å². The Morgan fingerprint density at radius 2 is 2.12 bits per heavy atom. The molecule has 0 aliphatic carbocycles. The summed E-state index contributed by atoms with van der Waals surface area (Å²) in [6.45, 7) is 1.93. The Balaban J connectivity index is 2.49. The van der Waals surface area contributed by atoms with E-state index in [-0.39, 0.29) is 24.1 Å². The zero-order valence-corrected chi connectivity index (χ0v) is 9.81. The molecule has 0 saturated carbocycles. The Bertz CT molecular complexity index is 406. The molecule has 17 heavy (non-hydrogen) atoms. The number of nitrogens with zero attached hydrogens (tertiary/aromatic N) is 1. The monoisotopic (exact) mass is 232 g/mol. The van der Waals surface area contributed by atoms with Crippen molar-refractivity contribution in [2.24, 2.45) is 0 Å². The van der Waals surface area contributed by atoms with Gasteiger partial charge >= 0.3 is 0 Å². The number of phenolic OH excluding ortho intramolecular Hbond substituents is 1. The van der Waals surface area contributed by atoms with E-state index in [0.717, 1.165) is 12.0 Å². The summed E-state index contributed by atoms with van der Waals surface area (Å²) < 4.78 is 0. The highest BCUT2D eigenvalue weighted by atomic mass is 16.3. The molecule has 0 radical (unpaired) electrons. The van der Waals surface area contributed by atoms with Crippen molar-refractivity contribution in [2.45, 2.75) is 32.2 Å². The highest BCUT2D eigenvalue weighted by molar-refractivity contribution is 5.78. The van der Waals surface area contributed by atoms with Crippen LogP contribution in [0.25, 0.3) is 0 Å². The summed E-state index contributed by atoms with van der Waals surface area (Å²) in [5.41, 5.74) is 0.840. The first-order valence-electron chi connectivity index (χ1n) is 5.60. The Morgan fingerprint density at radius 3 is 2.65 bits per heavy atom. The molecule has 1 rings (SSSR count). The van der Waals surface area contributed by atoms with Gasteiger partial charge in [-0.1, -0.05) is 19.1 Å². The maximum atomic E-state index is 11.7. The Labute approximate surface area is 101 Å². The molecule has 1 amide bonds. The van der Waals surface area contributed by atoms with Crippen LogP contribution < -0.4 is 5.32 Å². The zero-order chi connectivity index (χ0) is 12.7. The quantitative estimate of drug-likeness (QED) is 0.812. The molecule has 0 bridgehead atoms. The van der Waals surface area contributed by atoms with Gasteiger partial charge in [0.15, 0.2) is 0 Å². The van der Waals surface area contributed by atoms with Crippen LogP contribution in [0, 0.1) is 11.3 Å². The Hall–Kier alpha value is -2.02. The number of rotatable bonds is 5. The van der Waals surface area contributed by atoms with Crippen LogP contribution in [0.3, 0.4) is 0 Å². The summed E-state index contributed by atoms with van der Waals surface area (Å²) in [6.07, 6.45) is 1.34. The lowest BCUT2D eigenvalue weighted by molar-refractivity contribution is -0.121. The molecule has 4 heteroatoms. The van der Waals surface area contributed by atoms with E-state index in [9.17, 15) is 4.79 Å². The Morgan fingerprint density at radius 1 is 1.47 bits per heavy atom. The molecule has 0 aliphatic rings. The maximum absolute atomic E-state index is 11.7. The average molecular weight is 232 g/mol. The van der Waals surface area contributed by atoms with Crippen molar-refractivity contribution < 1.29 is 9.90 Å². The van der Waals surface area contributed by atoms with Gasteiger partial charge in [-0.05, 0) is 24.1 Å². The average Bonchev–Trinajstić information content (AvgIpc) is 2.31. The van der Waals surface area contributed by atoms with Crippen molar-refractivity contribution >= 4 is 5.91 Å². The molecule has 0 spiro atoms. The van der Waals surface area contributed by atoms with Gasteiger partial charge in [-0.2, -0.15) is 5.26 Å². The van der Waals surface area contributed by atoms with E-state index in [0.29, 0.717) is 6.42 Å². The fraction of sp³-hybridized carbons (Fsp3) is 0.385. The van der Waals surface area contributed by atoms with E-state index in [1.807, 2.05) is 13.0 Å². The van der Waals surface area contributed by atoms with Crippen LogP contribution in [-0.2, 0) is 11.2 Å². The van der Waals surface area contributed by atoms with Crippen molar-refractivity contribution in [1.82, 2.24) is 5.32 Å². The second-order valence-corrected chi connectivity index (χ2v) is 3.88. The zero-order valence-electron chi connectivity index (χ0n) is 9.81. The molecule has 0 fully saturated rings.